The molecule has 0 heterocycles. The molecular weight excluding hydrogens is 270 g/mol. The predicted molar refractivity (Wildman–Crippen MR) is 82.8 cm³/mol. The zero-order chi connectivity index (χ0) is 14.0. The smallest absolute Gasteiger partial charge is 0.0720 e. The molecule has 2 unspecified atom stereocenters. The maximum Gasteiger partial charge on any atom is 0.0720 e. The van der Waals surface area contributed by atoms with Gasteiger partial charge in [-0.2, -0.15) is 0 Å². The first-order valence-corrected chi connectivity index (χ1v) is 8.20. The molecule has 0 aliphatic heterocycles. The Morgan fingerprint density at radius 2 is 1.75 bits per heavy atom. The van der Waals surface area contributed by atoms with Gasteiger partial charge in [-0.05, 0) is 37.0 Å². The second-order valence-corrected chi connectivity index (χ2v) is 6.85. The molecule has 20 heavy (non-hydrogen) atoms. The molecule has 3 heteroatoms. The number of ether oxygens (including phenoxy) is 1. The third-order valence-electron chi connectivity index (χ3n) is 5.25. The normalized spacial score (nSPS) is 28.9. The maximum atomic E-state index is 6.34. The van der Waals surface area contributed by atoms with Gasteiger partial charge in [0.25, 0.3) is 0 Å². The number of hydrogen-bond donors (Lipinski definition) is 1. The van der Waals surface area contributed by atoms with Crippen molar-refractivity contribution in [2.75, 3.05) is 0 Å². The Bertz CT molecular complexity index is 437. The Balaban J connectivity index is 1.61. The number of benzene rings is 1. The number of halogens is 1. The lowest BCUT2D eigenvalue weighted by Gasteiger charge is -2.54. The molecular formula is C17H24ClNO. The van der Waals surface area contributed by atoms with Crippen LogP contribution in [0.3, 0.4) is 0 Å². The molecule has 0 bridgehead atoms. The summed E-state index contributed by atoms with van der Waals surface area (Å²) in [5.41, 5.74) is 7.80. The van der Waals surface area contributed by atoms with E-state index in [-0.39, 0.29) is 5.41 Å². The molecule has 2 aliphatic rings. The van der Waals surface area contributed by atoms with Gasteiger partial charge in [0.2, 0.25) is 0 Å². The van der Waals surface area contributed by atoms with E-state index in [0.29, 0.717) is 18.8 Å². The van der Waals surface area contributed by atoms with E-state index >= 15 is 0 Å². The van der Waals surface area contributed by atoms with E-state index in [4.69, 9.17) is 22.1 Å². The van der Waals surface area contributed by atoms with Crippen molar-refractivity contribution in [1.82, 2.24) is 0 Å². The fourth-order valence-corrected chi connectivity index (χ4v) is 4.00. The summed E-state index contributed by atoms with van der Waals surface area (Å²) in [5, 5.41) is 0.777. The number of hydrogen-bond acceptors (Lipinski definition) is 2. The largest absolute Gasteiger partial charge is 0.373 e. The molecule has 2 fully saturated rings. The van der Waals surface area contributed by atoms with Crippen LogP contribution in [-0.2, 0) is 11.3 Å². The summed E-state index contributed by atoms with van der Waals surface area (Å²) in [6, 6.07) is 8.28. The molecule has 1 spiro atoms. The van der Waals surface area contributed by atoms with Gasteiger partial charge in [0.15, 0.2) is 0 Å². The van der Waals surface area contributed by atoms with Crippen molar-refractivity contribution in [3.8, 4) is 0 Å². The van der Waals surface area contributed by atoms with Crippen LogP contribution in [0.1, 0.15) is 50.5 Å². The van der Waals surface area contributed by atoms with Crippen LogP contribution >= 0.6 is 11.6 Å². The van der Waals surface area contributed by atoms with Crippen molar-refractivity contribution in [2.45, 2.75) is 63.7 Å². The highest BCUT2D eigenvalue weighted by atomic mass is 35.5. The average Bonchev–Trinajstić information content (AvgIpc) is 2.73. The van der Waals surface area contributed by atoms with Crippen LogP contribution in [0.4, 0.5) is 0 Å². The molecule has 2 nitrogen and oxygen atoms in total. The van der Waals surface area contributed by atoms with Crippen molar-refractivity contribution < 1.29 is 4.74 Å². The molecule has 1 aromatic rings. The molecule has 0 radical (unpaired) electrons. The summed E-state index contributed by atoms with van der Waals surface area (Å²) >= 11 is 5.91. The molecule has 110 valence electrons. The Morgan fingerprint density at radius 3 is 2.35 bits per heavy atom. The monoisotopic (exact) mass is 293 g/mol. The zero-order valence-corrected chi connectivity index (χ0v) is 12.7. The second-order valence-electron chi connectivity index (χ2n) is 6.42. The first-order chi connectivity index (χ1) is 9.71. The standard InChI is InChI=1S/C17H24ClNO/c18-14-7-5-13(6-8-14)12-20-16-11-15(19)17(16)9-3-1-2-4-10-17/h5-8,15-16H,1-4,9-12,19H2. The fraction of sp³-hybridized carbons (Fsp3) is 0.647. The van der Waals surface area contributed by atoms with E-state index in [1.807, 2.05) is 24.3 Å². The van der Waals surface area contributed by atoms with Gasteiger partial charge in [0.1, 0.15) is 0 Å². The highest BCUT2D eigenvalue weighted by Crippen LogP contribution is 2.51. The zero-order valence-electron chi connectivity index (χ0n) is 12.0. The van der Waals surface area contributed by atoms with Crippen LogP contribution in [0.15, 0.2) is 24.3 Å². The minimum absolute atomic E-state index is 0.267. The van der Waals surface area contributed by atoms with Gasteiger partial charge in [-0.15, -0.1) is 0 Å². The van der Waals surface area contributed by atoms with E-state index < -0.39 is 0 Å². The third kappa shape index (κ3) is 2.74. The first-order valence-electron chi connectivity index (χ1n) is 7.82. The Labute approximate surface area is 126 Å². The molecule has 2 aliphatic carbocycles. The van der Waals surface area contributed by atoms with Crippen molar-refractivity contribution in [1.29, 1.82) is 0 Å². The van der Waals surface area contributed by atoms with Crippen LogP contribution in [0, 0.1) is 5.41 Å². The van der Waals surface area contributed by atoms with Crippen LogP contribution in [0.2, 0.25) is 5.02 Å². The highest BCUT2D eigenvalue weighted by molar-refractivity contribution is 6.30. The predicted octanol–water partition coefficient (Wildman–Crippen LogP) is 4.30. The average molecular weight is 294 g/mol. The van der Waals surface area contributed by atoms with E-state index in [1.54, 1.807) is 0 Å². The Kier molecular flexibility index (Phi) is 4.34. The molecule has 1 aromatic carbocycles. The molecule has 0 aromatic heterocycles. The topological polar surface area (TPSA) is 35.2 Å². The summed E-state index contributed by atoms with van der Waals surface area (Å²) < 4.78 is 6.20. The summed E-state index contributed by atoms with van der Waals surface area (Å²) in [5.74, 6) is 0. The lowest BCUT2D eigenvalue weighted by atomic mass is 9.58. The van der Waals surface area contributed by atoms with Crippen molar-refractivity contribution in [3.05, 3.63) is 34.9 Å². The van der Waals surface area contributed by atoms with E-state index in [2.05, 4.69) is 0 Å². The maximum absolute atomic E-state index is 6.34. The van der Waals surface area contributed by atoms with Gasteiger partial charge < -0.3 is 10.5 Å². The quantitative estimate of drug-likeness (QED) is 0.902. The second kappa shape index (κ2) is 6.05. The molecule has 2 atom stereocenters. The number of rotatable bonds is 3. The fourth-order valence-electron chi connectivity index (χ4n) is 3.87. The Hall–Kier alpha value is -0.570. The van der Waals surface area contributed by atoms with Gasteiger partial charge in [-0.3, -0.25) is 0 Å². The summed E-state index contributed by atoms with van der Waals surface area (Å²) in [6.07, 6.45) is 9.22. The van der Waals surface area contributed by atoms with Crippen LogP contribution in [0.25, 0.3) is 0 Å². The van der Waals surface area contributed by atoms with E-state index in [1.165, 1.54) is 44.1 Å². The third-order valence-corrected chi connectivity index (χ3v) is 5.50. The molecule has 2 saturated carbocycles. The highest BCUT2D eigenvalue weighted by Gasteiger charge is 2.53. The minimum Gasteiger partial charge on any atom is -0.373 e. The van der Waals surface area contributed by atoms with Gasteiger partial charge in [0, 0.05) is 16.5 Å². The first kappa shape index (κ1) is 14.4. The SMILES string of the molecule is NC1CC(OCc2ccc(Cl)cc2)C12CCCCCC2. The van der Waals surface area contributed by atoms with Crippen molar-refractivity contribution in [2.24, 2.45) is 11.1 Å². The van der Waals surface area contributed by atoms with Gasteiger partial charge in [0.05, 0.1) is 12.7 Å². The van der Waals surface area contributed by atoms with Crippen LogP contribution in [0.5, 0.6) is 0 Å². The van der Waals surface area contributed by atoms with E-state index in [9.17, 15) is 0 Å². The van der Waals surface area contributed by atoms with Gasteiger partial charge in [-0.25, -0.2) is 0 Å². The molecule has 0 amide bonds. The van der Waals surface area contributed by atoms with Crippen LogP contribution < -0.4 is 5.73 Å². The summed E-state index contributed by atoms with van der Waals surface area (Å²) in [6.45, 7) is 0.677. The molecule has 3 rings (SSSR count). The summed E-state index contributed by atoms with van der Waals surface area (Å²) in [7, 11) is 0. The Morgan fingerprint density at radius 1 is 1.10 bits per heavy atom. The molecule has 0 saturated heterocycles. The summed E-state index contributed by atoms with van der Waals surface area (Å²) in [4.78, 5) is 0. The lowest BCUT2D eigenvalue weighted by Crippen LogP contribution is -2.62. The number of nitrogens with two attached hydrogens (primary N) is 1. The lowest BCUT2D eigenvalue weighted by molar-refractivity contribution is -0.141. The van der Waals surface area contributed by atoms with E-state index in [0.717, 1.165) is 11.4 Å². The van der Waals surface area contributed by atoms with Crippen molar-refractivity contribution in [3.63, 3.8) is 0 Å². The van der Waals surface area contributed by atoms with Gasteiger partial charge in [-0.1, -0.05) is 49.4 Å². The van der Waals surface area contributed by atoms with Crippen molar-refractivity contribution >= 4 is 11.6 Å². The van der Waals surface area contributed by atoms with Gasteiger partial charge >= 0.3 is 0 Å². The molecule has 2 N–H and O–H groups in total. The van der Waals surface area contributed by atoms with Crippen LogP contribution in [-0.4, -0.2) is 12.1 Å². The minimum atomic E-state index is 0.267.